The van der Waals surface area contributed by atoms with Gasteiger partial charge in [-0.1, -0.05) is 25.4 Å². The molecule has 1 atom stereocenters. The van der Waals surface area contributed by atoms with Crippen molar-refractivity contribution in [1.29, 1.82) is 0 Å². The Balaban J connectivity index is 3.12. The summed E-state index contributed by atoms with van der Waals surface area (Å²) in [5.41, 5.74) is 6.97. The van der Waals surface area contributed by atoms with Crippen LogP contribution in [0, 0.1) is 9.49 Å². The van der Waals surface area contributed by atoms with E-state index >= 15 is 0 Å². The van der Waals surface area contributed by atoms with E-state index in [1.54, 1.807) is 6.20 Å². The molecule has 72 valence electrons. The molecule has 0 radical (unpaired) electrons. The lowest BCUT2D eigenvalue weighted by molar-refractivity contribution is 0.511. The third-order valence-electron chi connectivity index (χ3n) is 1.94. The quantitative estimate of drug-likeness (QED) is 0.674. The van der Waals surface area contributed by atoms with Crippen LogP contribution < -0.4 is 5.73 Å². The maximum Gasteiger partial charge on any atom is 0.134 e. The molecule has 1 aromatic rings. The van der Waals surface area contributed by atoms with Crippen LogP contribution in [0.1, 0.15) is 25.5 Å². The lowest BCUT2D eigenvalue weighted by Crippen LogP contribution is -2.18. The molecule has 0 saturated heterocycles. The van der Waals surface area contributed by atoms with Gasteiger partial charge >= 0.3 is 0 Å². The third-order valence-corrected chi connectivity index (χ3v) is 3.18. The van der Waals surface area contributed by atoms with Gasteiger partial charge in [0.1, 0.15) is 5.15 Å². The van der Waals surface area contributed by atoms with Crippen molar-refractivity contribution in [3.8, 4) is 0 Å². The van der Waals surface area contributed by atoms with Crippen molar-refractivity contribution in [3.63, 3.8) is 0 Å². The second kappa shape index (κ2) is 4.57. The molecule has 0 amide bonds. The number of hydrogen-bond acceptors (Lipinski definition) is 2. The number of nitrogens with two attached hydrogens (primary N) is 1. The standard InChI is InChI=1S/C9H12ClIN2/c1-5(2)8(12)7-6(11)3-4-13-9(7)10/h3-5,8H,12H2,1-2H3. The van der Waals surface area contributed by atoms with Crippen LogP contribution >= 0.6 is 34.2 Å². The summed E-state index contributed by atoms with van der Waals surface area (Å²) in [6.45, 7) is 4.15. The summed E-state index contributed by atoms with van der Waals surface area (Å²) < 4.78 is 1.08. The van der Waals surface area contributed by atoms with E-state index in [9.17, 15) is 0 Å². The van der Waals surface area contributed by atoms with Gasteiger partial charge in [0.05, 0.1) is 0 Å². The predicted molar refractivity (Wildman–Crippen MR) is 63.7 cm³/mol. The summed E-state index contributed by atoms with van der Waals surface area (Å²) in [6, 6.07) is 1.89. The molecule has 1 unspecified atom stereocenters. The van der Waals surface area contributed by atoms with E-state index in [0.29, 0.717) is 11.1 Å². The van der Waals surface area contributed by atoms with Crippen LogP contribution in [0.25, 0.3) is 0 Å². The maximum absolute atomic E-state index is 6.01. The minimum absolute atomic E-state index is 0.0342. The molecule has 1 heterocycles. The fourth-order valence-corrected chi connectivity index (χ4v) is 2.28. The summed E-state index contributed by atoms with van der Waals surface area (Å²) in [7, 11) is 0. The van der Waals surface area contributed by atoms with Crippen LogP contribution in [0.2, 0.25) is 5.15 Å². The van der Waals surface area contributed by atoms with Crippen molar-refractivity contribution in [1.82, 2.24) is 4.98 Å². The predicted octanol–water partition coefficient (Wildman–Crippen LogP) is 3.00. The SMILES string of the molecule is CC(C)C(N)c1c(I)ccnc1Cl. The highest BCUT2D eigenvalue weighted by Gasteiger charge is 2.17. The van der Waals surface area contributed by atoms with Gasteiger partial charge in [-0.3, -0.25) is 0 Å². The van der Waals surface area contributed by atoms with Crippen LogP contribution in [0.3, 0.4) is 0 Å². The molecule has 0 spiro atoms. The number of halogens is 2. The zero-order valence-electron chi connectivity index (χ0n) is 7.59. The average molecular weight is 311 g/mol. The highest BCUT2D eigenvalue weighted by atomic mass is 127. The molecule has 1 rings (SSSR count). The van der Waals surface area contributed by atoms with E-state index in [-0.39, 0.29) is 6.04 Å². The molecule has 13 heavy (non-hydrogen) atoms. The Bertz CT molecular complexity index is 281. The molecule has 0 bridgehead atoms. The summed E-state index contributed by atoms with van der Waals surface area (Å²) in [5, 5.41) is 0.521. The van der Waals surface area contributed by atoms with Gasteiger partial charge in [0.25, 0.3) is 0 Å². The molecule has 0 aliphatic heterocycles. The van der Waals surface area contributed by atoms with Gasteiger partial charge in [-0.15, -0.1) is 0 Å². The molecule has 0 saturated carbocycles. The van der Waals surface area contributed by atoms with Crippen LogP contribution in [-0.2, 0) is 0 Å². The second-order valence-electron chi connectivity index (χ2n) is 3.27. The minimum Gasteiger partial charge on any atom is -0.324 e. The minimum atomic E-state index is -0.0342. The van der Waals surface area contributed by atoms with Crippen molar-refractivity contribution >= 4 is 34.2 Å². The molecule has 0 fully saturated rings. The first-order chi connectivity index (χ1) is 6.04. The van der Waals surface area contributed by atoms with Gasteiger partial charge in [0, 0.05) is 21.4 Å². The van der Waals surface area contributed by atoms with Crippen molar-refractivity contribution in [2.45, 2.75) is 19.9 Å². The summed E-state index contributed by atoms with van der Waals surface area (Å²) in [5.74, 6) is 0.371. The first kappa shape index (κ1) is 11.2. The smallest absolute Gasteiger partial charge is 0.134 e. The van der Waals surface area contributed by atoms with E-state index in [0.717, 1.165) is 9.13 Å². The zero-order valence-corrected chi connectivity index (χ0v) is 10.5. The van der Waals surface area contributed by atoms with Gasteiger partial charge in [0.2, 0.25) is 0 Å². The average Bonchev–Trinajstić information content (AvgIpc) is 2.03. The molecule has 0 aliphatic carbocycles. The largest absolute Gasteiger partial charge is 0.324 e. The fourth-order valence-electron chi connectivity index (χ4n) is 1.06. The number of nitrogens with zero attached hydrogens (tertiary/aromatic N) is 1. The van der Waals surface area contributed by atoms with E-state index in [4.69, 9.17) is 17.3 Å². The van der Waals surface area contributed by atoms with Crippen LogP contribution in [0.15, 0.2) is 12.3 Å². The lowest BCUT2D eigenvalue weighted by Gasteiger charge is -2.18. The molecule has 1 aromatic heterocycles. The van der Waals surface area contributed by atoms with Gasteiger partial charge in [-0.25, -0.2) is 4.98 Å². The Morgan fingerprint density at radius 1 is 1.54 bits per heavy atom. The van der Waals surface area contributed by atoms with E-state index in [1.807, 2.05) is 6.07 Å². The van der Waals surface area contributed by atoms with Crippen LogP contribution in [-0.4, -0.2) is 4.98 Å². The highest BCUT2D eigenvalue weighted by Crippen LogP contribution is 2.28. The number of aromatic nitrogens is 1. The Kier molecular flexibility index (Phi) is 3.94. The molecular weight excluding hydrogens is 298 g/mol. The zero-order chi connectivity index (χ0) is 10.0. The van der Waals surface area contributed by atoms with Crippen molar-refractivity contribution in [2.75, 3.05) is 0 Å². The van der Waals surface area contributed by atoms with Gasteiger partial charge in [0.15, 0.2) is 0 Å². The number of rotatable bonds is 2. The summed E-state index contributed by atoms with van der Waals surface area (Å²) >= 11 is 8.20. The molecule has 0 aromatic carbocycles. The third kappa shape index (κ3) is 2.54. The van der Waals surface area contributed by atoms with Crippen molar-refractivity contribution in [3.05, 3.63) is 26.5 Å². The Morgan fingerprint density at radius 3 is 2.62 bits per heavy atom. The lowest BCUT2D eigenvalue weighted by atomic mass is 9.99. The summed E-state index contributed by atoms with van der Waals surface area (Å²) in [4.78, 5) is 4.02. The number of pyridine rings is 1. The summed E-state index contributed by atoms with van der Waals surface area (Å²) in [6.07, 6.45) is 1.70. The topological polar surface area (TPSA) is 38.9 Å². The van der Waals surface area contributed by atoms with E-state index < -0.39 is 0 Å². The van der Waals surface area contributed by atoms with Gasteiger partial charge in [-0.2, -0.15) is 0 Å². The van der Waals surface area contributed by atoms with Crippen LogP contribution in [0.4, 0.5) is 0 Å². The monoisotopic (exact) mass is 310 g/mol. The Labute approximate surface area is 97.0 Å². The second-order valence-corrected chi connectivity index (χ2v) is 4.79. The maximum atomic E-state index is 6.01. The van der Waals surface area contributed by atoms with E-state index in [2.05, 4.69) is 41.4 Å². The fraction of sp³-hybridized carbons (Fsp3) is 0.444. The van der Waals surface area contributed by atoms with Crippen molar-refractivity contribution in [2.24, 2.45) is 11.7 Å². The molecule has 2 N–H and O–H groups in total. The molecule has 2 nitrogen and oxygen atoms in total. The van der Waals surface area contributed by atoms with Crippen LogP contribution in [0.5, 0.6) is 0 Å². The first-order valence-corrected chi connectivity index (χ1v) is 5.55. The highest BCUT2D eigenvalue weighted by molar-refractivity contribution is 14.1. The number of hydrogen-bond donors (Lipinski definition) is 1. The van der Waals surface area contributed by atoms with Gasteiger partial charge < -0.3 is 5.73 Å². The first-order valence-electron chi connectivity index (χ1n) is 4.09. The molecule has 4 heteroatoms. The van der Waals surface area contributed by atoms with Crippen molar-refractivity contribution < 1.29 is 0 Å². The molecular formula is C9H12ClIN2. The Hall–Kier alpha value is 0.130. The van der Waals surface area contributed by atoms with Gasteiger partial charge in [-0.05, 0) is 34.6 Å². The normalized spacial score (nSPS) is 13.4. The molecule has 0 aliphatic rings. The van der Waals surface area contributed by atoms with E-state index in [1.165, 1.54) is 0 Å². The Morgan fingerprint density at radius 2 is 2.15 bits per heavy atom.